The highest BCUT2D eigenvalue weighted by Crippen LogP contribution is 2.18. The van der Waals surface area contributed by atoms with Gasteiger partial charge >= 0.3 is 0 Å². The van der Waals surface area contributed by atoms with E-state index in [0.29, 0.717) is 10.7 Å². The summed E-state index contributed by atoms with van der Waals surface area (Å²) in [5.74, 6) is -0.337. The second-order valence-corrected chi connectivity index (χ2v) is 2.67. The summed E-state index contributed by atoms with van der Waals surface area (Å²) in [5, 5.41) is 3.22. The highest BCUT2D eigenvalue weighted by Gasteiger charge is 2.00. The number of methoxy groups -OCH3 is 1. The van der Waals surface area contributed by atoms with Crippen LogP contribution in [0.4, 0.5) is 10.1 Å². The van der Waals surface area contributed by atoms with E-state index in [1.807, 2.05) is 0 Å². The van der Waals surface area contributed by atoms with Gasteiger partial charge in [0, 0.05) is 12.1 Å². The standard InChI is InChI=1S/C8H9ClFNO/c1-12-5-11-8-4-6(9)2-3-7(8)10/h2-4,11H,5H2,1H3. The molecule has 1 aromatic carbocycles. The average molecular weight is 190 g/mol. The molecule has 0 saturated carbocycles. The first-order valence-electron chi connectivity index (χ1n) is 3.42. The molecule has 0 aliphatic heterocycles. The monoisotopic (exact) mass is 189 g/mol. The third-order valence-electron chi connectivity index (χ3n) is 1.34. The Labute approximate surface area is 75.3 Å². The Hall–Kier alpha value is -0.800. The van der Waals surface area contributed by atoms with Crippen molar-refractivity contribution < 1.29 is 9.13 Å². The molecule has 0 unspecified atom stereocenters. The van der Waals surface area contributed by atoms with Crippen molar-refractivity contribution in [2.45, 2.75) is 0 Å². The van der Waals surface area contributed by atoms with Crippen LogP contribution in [0.25, 0.3) is 0 Å². The third-order valence-corrected chi connectivity index (χ3v) is 1.57. The molecule has 0 aliphatic rings. The van der Waals surface area contributed by atoms with E-state index in [1.54, 1.807) is 0 Å². The van der Waals surface area contributed by atoms with Crippen LogP contribution in [0.1, 0.15) is 0 Å². The largest absolute Gasteiger partial charge is 0.365 e. The van der Waals surface area contributed by atoms with Crippen LogP contribution in [-0.4, -0.2) is 13.8 Å². The zero-order valence-corrected chi connectivity index (χ0v) is 7.36. The number of ether oxygens (including phenoxy) is 1. The molecule has 0 atom stereocenters. The second kappa shape index (κ2) is 4.28. The average Bonchev–Trinajstić information content (AvgIpc) is 2.07. The van der Waals surface area contributed by atoms with Gasteiger partial charge in [-0.1, -0.05) is 11.6 Å². The summed E-state index contributed by atoms with van der Waals surface area (Å²) >= 11 is 5.65. The number of benzene rings is 1. The van der Waals surface area contributed by atoms with Gasteiger partial charge < -0.3 is 10.1 Å². The molecule has 1 rings (SSSR count). The van der Waals surface area contributed by atoms with E-state index in [0.717, 1.165) is 0 Å². The number of halogens is 2. The Morgan fingerprint density at radius 1 is 1.58 bits per heavy atom. The minimum absolute atomic E-state index is 0.261. The van der Waals surface area contributed by atoms with Gasteiger partial charge in [0.2, 0.25) is 0 Å². The van der Waals surface area contributed by atoms with Crippen LogP contribution in [0.15, 0.2) is 18.2 Å². The van der Waals surface area contributed by atoms with Crippen LogP contribution in [0.5, 0.6) is 0 Å². The minimum Gasteiger partial charge on any atom is -0.365 e. The quantitative estimate of drug-likeness (QED) is 0.738. The summed E-state index contributed by atoms with van der Waals surface area (Å²) < 4.78 is 17.6. The van der Waals surface area contributed by atoms with E-state index in [1.165, 1.54) is 25.3 Å². The van der Waals surface area contributed by atoms with Crippen molar-refractivity contribution in [3.05, 3.63) is 29.0 Å². The van der Waals surface area contributed by atoms with Crippen LogP contribution in [0.3, 0.4) is 0 Å². The Kier molecular flexibility index (Phi) is 3.31. The molecule has 0 bridgehead atoms. The van der Waals surface area contributed by atoms with Crippen LogP contribution in [-0.2, 0) is 4.74 Å². The Balaban J connectivity index is 2.75. The summed E-state index contributed by atoms with van der Waals surface area (Å²) in [6.45, 7) is 0.261. The van der Waals surface area contributed by atoms with Gasteiger partial charge in [-0.05, 0) is 18.2 Å². The molecule has 0 radical (unpaired) electrons. The van der Waals surface area contributed by atoms with Crippen molar-refractivity contribution >= 4 is 17.3 Å². The van der Waals surface area contributed by atoms with Gasteiger partial charge in [-0.15, -0.1) is 0 Å². The molecule has 0 saturated heterocycles. The van der Waals surface area contributed by atoms with Crippen LogP contribution in [0.2, 0.25) is 5.02 Å². The molecule has 66 valence electrons. The van der Waals surface area contributed by atoms with E-state index in [-0.39, 0.29) is 12.5 Å². The number of hydrogen-bond acceptors (Lipinski definition) is 2. The molecule has 2 nitrogen and oxygen atoms in total. The first-order valence-corrected chi connectivity index (χ1v) is 3.79. The maximum Gasteiger partial charge on any atom is 0.146 e. The van der Waals surface area contributed by atoms with Gasteiger partial charge in [-0.2, -0.15) is 0 Å². The summed E-state index contributed by atoms with van der Waals surface area (Å²) in [4.78, 5) is 0. The molecule has 0 amide bonds. The van der Waals surface area contributed by atoms with Gasteiger partial charge in [-0.3, -0.25) is 0 Å². The van der Waals surface area contributed by atoms with Gasteiger partial charge in [-0.25, -0.2) is 4.39 Å². The number of hydrogen-bond donors (Lipinski definition) is 1. The van der Waals surface area contributed by atoms with Crippen LogP contribution in [0, 0.1) is 5.82 Å². The van der Waals surface area contributed by atoms with Crippen molar-refractivity contribution in [2.75, 3.05) is 19.2 Å². The summed E-state index contributed by atoms with van der Waals surface area (Å²) in [6, 6.07) is 4.31. The maximum atomic E-state index is 12.9. The van der Waals surface area contributed by atoms with Crippen molar-refractivity contribution in [2.24, 2.45) is 0 Å². The number of anilines is 1. The lowest BCUT2D eigenvalue weighted by Crippen LogP contribution is -2.04. The lowest BCUT2D eigenvalue weighted by atomic mass is 10.3. The molecule has 0 spiro atoms. The lowest BCUT2D eigenvalue weighted by Gasteiger charge is -2.05. The van der Waals surface area contributed by atoms with Gasteiger partial charge in [0.15, 0.2) is 0 Å². The van der Waals surface area contributed by atoms with Crippen LogP contribution < -0.4 is 5.32 Å². The number of rotatable bonds is 3. The molecule has 0 fully saturated rings. The summed E-state index contributed by atoms with van der Waals surface area (Å²) in [7, 11) is 1.52. The van der Waals surface area contributed by atoms with Crippen molar-refractivity contribution in [1.82, 2.24) is 0 Å². The smallest absolute Gasteiger partial charge is 0.146 e. The topological polar surface area (TPSA) is 21.3 Å². The van der Waals surface area contributed by atoms with E-state index in [4.69, 9.17) is 16.3 Å². The fraction of sp³-hybridized carbons (Fsp3) is 0.250. The normalized spacial score (nSPS) is 9.92. The molecule has 0 aliphatic carbocycles. The summed E-state index contributed by atoms with van der Waals surface area (Å²) in [5.41, 5.74) is 0.351. The Morgan fingerprint density at radius 3 is 3.00 bits per heavy atom. The Morgan fingerprint density at radius 2 is 2.33 bits per heavy atom. The van der Waals surface area contributed by atoms with Crippen molar-refractivity contribution in [3.63, 3.8) is 0 Å². The van der Waals surface area contributed by atoms with Crippen molar-refractivity contribution in [1.29, 1.82) is 0 Å². The first-order chi connectivity index (χ1) is 5.74. The Bertz CT molecular complexity index is 267. The van der Waals surface area contributed by atoms with Gasteiger partial charge in [0.1, 0.15) is 12.5 Å². The molecule has 1 N–H and O–H groups in total. The maximum absolute atomic E-state index is 12.9. The zero-order valence-electron chi connectivity index (χ0n) is 6.60. The van der Waals surface area contributed by atoms with E-state index < -0.39 is 0 Å². The second-order valence-electron chi connectivity index (χ2n) is 2.23. The van der Waals surface area contributed by atoms with E-state index in [2.05, 4.69) is 5.32 Å². The first kappa shape index (κ1) is 9.29. The predicted octanol–water partition coefficient (Wildman–Crippen LogP) is 2.49. The SMILES string of the molecule is COCNc1cc(Cl)ccc1F. The van der Waals surface area contributed by atoms with Gasteiger partial charge in [0.25, 0.3) is 0 Å². The fourth-order valence-corrected chi connectivity index (χ4v) is 0.955. The lowest BCUT2D eigenvalue weighted by molar-refractivity contribution is 0.221. The molecule has 1 aromatic rings. The molecule has 4 heteroatoms. The zero-order chi connectivity index (χ0) is 8.97. The minimum atomic E-state index is -0.337. The molecule has 0 aromatic heterocycles. The predicted molar refractivity (Wildman–Crippen MR) is 46.9 cm³/mol. The molecule has 0 heterocycles. The third kappa shape index (κ3) is 2.36. The highest BCUT2D eigenvalue weighted by molar-refractivity contribution is 6.30. The molecular weight excluding hydrogens is 181 g/mol. The molecular formula is C8H9ClFNO. The summed E-state index contributed by atoms with van der Waals surface area (Å²) in [6.07, 6.45) is 0. The van der Waals surface area contributed by atoms with Crippen LogP contribution >= 0.6 is 11.6 Å². The van der Waals surface area contributed by atoms with Gasteiger partial charge in [0.05, 0.1) is 5.69 Å². The van der Waals surface area contributed by atoms with E-state index >= 15 is 0 Å². The van der Waals surface area contributed by atoms with Crippen molar-refractivity contribution in [3.8, 4) is 0 Å². The fourth-order valence-electron chi connectivity index (χ4n) is 0.783. The highest BCUT2D eigenvalue weighted by atomic mass is 35.5. The van der Waals surface area contributed by atoms with E-state index in [9.17, 15) is 4.39 Å². The number of nitrogens with one attached hydrogen (secondary N) is 1. The molecule has 12 heavy (non-hydrogen) atoms.